The summed E-state index contributed by atoms with van der Waals surface area (Å²) in [5, 5.41) is 9.00. The average Bonchev–Trinajstić information content (AvgIpc) is 3.18. The van der Waals surface area contributed by atoms with Crippen LogP contribution >= 0.6 is 24.0 Å². The second kappa shape index (κ2) is 14.6. The number of amides is 1. The molecule has 2 rings (SSSR count). The van der Waals surface area contributed by atoms with Crippen molar-refractivity contribution in [2.75, 3.05) is 46.4 Å². The van der Waals surface area contributed by atoms with Crippen molar-refractivity contribution in [3.63, 3.8) is 0 Å². The lowest BCUT2D eigenvalue weighted by Gasteiger charge is -2.14. The van der Waals surface area contributed by atoms with Gasteiger partial charge in [0.15, 0.2) is 5.96 Å². The number of halogens is 1. The van der Waals surface area contributed by atoms with Crippen molar-refractivity contribution < 1.29 is 9.53 Å². The quantitative estimate of drug-likeness (QED) is 0.196. The van der Waals surface area contributed by atoms with Crippen LogP contribution < -0.4 is 16.0 Å². The van der Waals surface area contributed by atoms with E-state index in [1.165, 1.54) is 31.5 Å². The Morgan fingerprint density at radius 2 is 1.79 bits per heavy atom. The summed E-state index contributed by atoms with van der Waals surface area (Å²) < 4.78 is 4.92. The van der Waals surface area contributed by atoms with Crippen molar-refractivity contribution in [3.8, 4) is 0 Å². The fourth-order valence-corrected chi connectivity index (χ4v) is 2.98. The van der Waals surface area contributed by atoms with Gasteiger partial charge in [0.25, 0.3) is 0 Å². The SMILES string of the molecule is CCNC(=NCc1ccc(CN2CCCC2)cc1)NCC(=O)NCCOC.I. The first-order chi connectivity index (χ1) is 13.2. The summed E-state index contributed by atoms with van der Waals surface area (Å²) in [4.78, 5) is 18.8. The molecule has 0 spiro atoms. The Morgan fingerprint density at radius 1 is 1.11 bits per heavy atom. The minimum Gasteiger partial charge on any atom is -0.383 e. The molecule has 0 bridgehead atoms. The van der Waals surface area contributed by atoms with E-state index in [9.17, 15) is 4.79 Å². The summed E-state index contributed by atoms with van der Waals surface area (Å²) in [6.07, 6.45) is 2.63. The molecule has 1 aliphatic heterocycles. The highest BCUT2D eigenvalue weighted by Gasteiger charge is 2.11. The monoisotopic (exact) mass is 503 g/mol. The number of carbonyl (C=O) groups excluding carboxylic acids is 1. The second-order valence-corrected chi connectivity index (χ2v) is 6.69. The molecule has 158 valence electrons. The third kappa shape index (κ3) is 9.70. The molecule has 1 aliphatic rings. The van der Waals surface area contributed by atoms with E-state index in [-0.39, 0.29) is 36.4 Å². The summed E-state index contributed by atoms with van der Waals surface area (Å²) in [6, 6.07) is 8.64. The number of hydrogen-bond acceptors (Lipinski definition) is 4. The lowest BCUT2D eigenvalue weighted by molar-refractivity contribution is -0.120. The Morgan fingerprint density at radius 3 is 2.43 bits per heavy atom. The van der Waals surface area contributed by atoms with Crippen LogP contribution in [-0.2, 0) is 22.6 Å². The normalized spacial score (nSPS) is 14.4. The standard InChI is InChI=1S/C20H33N5O2.HI/c1-3-21-20(24-15-19(26)22-10-13-27-2)23-14-17-6-8-18(9-7-17)16-25-11-4-5-12-25;/h6-9H,3-5,10-16H2,1-2H3,(H,22,26)(H2,21,23,24);1H. The Hall–Kier alpha value is -1.39. The highest BCUT2D eigenvalue weighted by atomic mass is 127. The van der Waals surface area contributed by atoms with Gasteiger partial charge in [-0.15, -0.1) is 24.0 Å². The molecule has 1 heterocycles. The van der Waals surface area contributed by atoms with Crippen LogP contribution in [0.5, 0.6) is 0 Å². The van der Waals surface area contributed by atoms with Gasteiger partial charge in [0.2, 0.25) is 5.91 Å². The summed E-state index contributed by atoms with van der Waals surface area (Å²) in [5.41, 5.74) is 2.50. The third-order valence-electron chi connectivity index (χ3n) is 4.44. The largest absolute Gasteiger partial charge is 0.383 e. The van der Waals surface area contributed by atoms with Crippen LogP contribution in [0.15, 0.2) is 29.3 Å². The maximum absolute atomic E-state index is 11.8. The van der Waals surface area contributed by atoms with E-state index in [2.05, 4.69) is 50.1 Å². The average molecular weight is 503 g/mol. The topological polar surface area (TPSA) is 78.0 Å². The molecular weight excluding hydrogens is 469 g/mol. The molecule has 1 saturated heterocycles. The smallest absolute Gasteiger partial charge is 0.239 e. The van der Waals surface area contributed by atoms with E-state index in [1.54, 1.807) is 7.11 Å². The molecule has 0 radical (unpaired) electrons. The van der Waals surface area contributed by atoms with Gasteiger partial charge in [0.1, 0.15) is 0 Å². The minimum absolute atomic E-state index is 0. The van der Waals surface area contributed by atoms with Crippen LogP contribution in [0, 0.1) is 0 Å². The number of likely N-dealkylation sites (tertiary alicyclic amines) is 1. The fourth-order valence-electron chi connectivity index (χ4n) is 2.98. The van der Waals surface area contributed by atoms with Gasteiger partial charge >= 0.3 is 0 Å². The Labute approximate surface area is 185 Å². The van der Waals surface area contributed by atoms with E-state index >= 15 is 0 Å². The zero-order valence-corrected chi connectivity index (χ0v) is 19.3. The summed E-state index contributed by atoms with van der Waals surface area (Å²) >= 11 is 0. The molecule has 0 aliphatic carbocycles. The Kier molecular flexibility index (Phi) is 12.8. The molecule has 28 heavy (non-hydrogen) atoms. The van der Waals surface area contributed by atoms with Crippen molar-refractivity contribution in [1.29, 1.82) is 0 Å². The van der Waals surface area contributed by atoms with Gasteiger partial charge in [0.05, 0.1) is 19.7 Å². The number of carbonyl (C=O) groups is 1. The number of rotatable bonds is 10. The molecule has 1 amide bonds. The zero-order chi connectivity index (χ0) is 19.3. The molecule has 7 nitrogen and oxygen atoms in total. The molecule has 0 aromatic heterocycles. The number of nitrogens with one attached hydrogen (secondary N) is 3. The van der Waals surface area contributed by atoms with Crippen molar-refractivity contribution >= 4 is 35.8 Å². The van der Waals surface area contributed by atoms with E-state index in [0.717, 1.165) is 18.7 Å². The van der Waals surface area contributed by atoms with Gasteiger partial charge in [-0.3, -0.25) is 9.69 Å². The number of methoxy groups -OCH3 is 1. The highest BCUT2D eigenvalue weighted by molar-refractivity contribution is 14.0. The third-order valence-corrected chi connectivity index (χ3v) is 4.44. The van der Waals surface area contributed by atoms with Crippen LogP contribution in [0.4, 0.5) is 0 Å². The summed E-state index contributed by atoms with van der Waals surface area (Å²) in [6.45, 7) is 7.98. The van der Waals surface area contributed by atoms with Crippen LogP contribution in [0.2, 0.25) is 0 Å². The number of guanidine groups is 1. The first kappa shape index (κ1) is 24.6. The Bertz CT molecular complexity index is 589. The van der Waals surface area contributed by atoms with Gasteiger partial charge < -0.3 is 20.7 Å². The van der Waals surface area contributed by atoms with Gasteiger partial charge in [0, 0.05) is 26.7 Å². The molecule has 0 saturated carbocycles. The van der Waals surface area contributed by atoms with E-state index in [0.29, 0.717) is 25.7 Å². The van der Waals surface area contributed by atoms with Crippen LogP contribution in [0.3, 0.4) is 0 Å². The number of ether oxygens (including phenoxy) is 1. The summed E-state index contributed by atoms with van der Waals surface area (Å²) in [5.74, 6) is 0.560. The van der Waals surface area contributed by atoms with Crippen LogP contribution in [-0.4, -0.2) is 63.2 Å². The maximum Gasteiger partial charge on any atom is 0.239 e. The van der Waals surface area contributed by atoms with E-state index in [4.69, 9.17) is 4.74 Å². The highest BCUT2D eigenvalue weighted by Crippen LogP contribution is 2.13. The molecule has 1 fully saturated rings. The molecular formula is C20H34IN5O2. The first-order valence-electron chi connectivity index (χ1n) is 9.79. The van der Waals surface area contributed by atoms with E-state index < -0.39 is 0 Å². The van der Waals surface area contributed by atoms with Crippen LogP contribution in [0.25, 0.3) is 0 Å². The van der Waals surface area contributed by atoms with Crippen LogP contribution in [0.1, 0.15) is 30.9 Å². The lowest BCUT2D eigenvalue weighted by atomic mass is 10.1. The zero-order valence-electron chi connectivity index (χ0n) is 17.0. The maximum atomic E-state index is 11.8. The number of benzene rings is 1. The number of hydrogen-bond donors (Lipinski definition) is 3. The van der Waals surface area contributed by atoms with Crippen molar-refractivity contribution in [1.82, 2.24) is 20.9 Å². The molecule has 1 aromatic carbocycles. The molecule has 8 heteroatoms. The van der Waals surface area contributed by atoms with Crippen molar-refractivity contribution in [2.45, 2.75) is 32.9 Å². The van der Waals surface area contributed by atoms with Gasteiger partial charge in [-0.2, -0.15) is 0 Å². The molecule has 0 atom stereocenters. The van der Waals surface area contributed by atoms with Gasteiger partial charge in [-0.25, -0.2) is 4.99 Å². The summed E-state index contributed by atoms with van der Waals surface area (Å²) in [7, 11) is 1.61. The van der Waals surface area contributed by atoms with E-state index in [1.807, 2.05) is 6.92 Å². The van der Waals surface area contributed by atoms with Crippen molar-refractivity contribution in [3.05, 3.63) is 35.4 Å². The number of aliphatic imine (C=N–C) groups is 1. The first-order valence-corrected chi connectivity index (χ1v) is 9.79. The van der Waals surface area contributed by atoms with Gasteiger partial charge in [-0.1, -0.05) is 24.3 Å². The molecule has 1 aromatic rings. The minimum atomic E-state index is -0.0797. The predicted molar refractivity (Wildman–Crippen MR) is 124 cm³/mol. The predicted octanol–water partition coefficient (Wildman–Crippen LogP) is 1.72. The Balaban J connectivity index is 0.00000392. The fraction of sp³-hybridized carbons (Fsp3) is 0.600. The van der Waals surface area contributed by atoms with Crippen molar-refractivity contribution in [2.24, 2.45) is 4.99 Å². The number of nitrogens with zero attached hydrogens (tertiary/aromatic N) is 2. The molecule has 0 unspecified atom stereocenters. The second-order valence-electron chi connectivity index (χ2n) is 6.69. The lowest BCUT2D eigenvalue weighted by Crippen LogP contribution is -2.43. The molecule has 3 N–H and O–H groups in total. The van der Waals surface area contributed by atoms with Gasteiger partial charge in [-0.05, 0) is 44.0 Å².